The van der Waals surface area contributed by atoms with E-state index in [1.165, 1.54) is 7.05 Å². The molecule has 0 aliphatic rings. The van der Waals surface area contributed by atoms with Gasteiger partial charge in [-0.2, -0.15) is 37.9 Å². The molecule has 0 radical (unpaired) electrons. The summed E-state index contributed by atoms with van der Waals surface area (Å²) >= 11 is 11.9. The van der Waals surface area contributed by atoms with E-state index in [-0.39, 0.29) is 43.1 Å². The zero-order valence-electron chi connectivity index (χ0n) is 12.6. The van der Waals surface area contributed by atoms with Crippen molar-refractivity contribution in [3.63, 3.8) is 0 Å². The summed E-state index contributed by atoms with van der Waals surface area (Å²) in [6.45, 7) is 1.62. The molecule has 3 atom stereocenters. The van der Waals surface area contributed by atoms with Crippen LogP contribution in [0.25, 0.3) is 0 Å². The number of rotatable bonds is 12. The lowest BCUT2D eigenvalue weighted by Gasteiger charge is -2.32. The van der Waals surface area contributed by atoms with Gasteiger partial charge in [0.15, 0.2) is 11.6 Å². The van der Waals surface area contributed by atoms with Crippen molar-refractivity contribution in [2.24, 2.45) is 0 Å². The normalized spacial score (nSPS) is 20.6. The van der Waals surface area contributed by atoms with Crippen molar-refractivity contribution in [1.29, 1.82) is 0 Å². The summed E-state index contributed by atoms with van der Waals surface area (Å²) in [5.74, 6) is -3.65. The van der Waals surface area contributed by atoms with E-state index in [0.717, 1.165) is 0 Å². The van der Waals surface area contributed by atoms with Gasteiger partial charge in [-0.1, -0.05) is 13.3 Å². The monoisotopic (exact) mass is 364 g/mol. The Kier molecular flexibility index (Phi) is 10.2. The van der Waals surface area contributed by atoms with Crippen LogP contribution >= 0.6 is 37.9 Å². The second-order valence-electron chi connectivity index (χ2n) is 5.41. The van der Waals surface area contributed by atoms with Crippen LogP contribution in [0.1, 0.15) is 32.6 Å². The first-order chi connectivity index (χ1) is 9.72. The van der Waals surface area contributed by atoms with Gasteiger partial charge in [-0.15, -0.1) is 0 Å². The first-order valence-electron chi connectivity index (χ1n) is 7.05. The van der Waals surface area contributed by atoms with E-state index in [9.17, 15) is 13.2 Å². The maximum absolute atomic E-state index is 14.7. The van der Waals surface area contributed by atoms with Crippen LogP contribution in [0, 0.1) is 0 Å². The largest absolute Gasteiger partial charge is 0.288 e. The van der Waals surface area contributed by atoms with E-state index in [2.05, 4.69) is 48.5 Å². The van der Waals surface area contributed by atoms with Crippen molar-refractivity contribution in [3.05, 3.63) is 0 Å². The number of hydrogen-bond donors (Lipinski definition) is 5. The molecule has 0 bridgehead atoms. The van der Waals surface area contributed by atoms with Gasteiger partial charge in [-0.25, -0.2) is 13.2 Å². The second kappa shape index (κ2) is 9.80. The smallest absolute Gasteiger partial charge is 0.170 e. The second-order valence-corrected chi connectivity index (χ2v) is 6.36. The van der Waals surface area contributed by atoms with E-state index >= 15 is 0 Å². The molecule has 0 spiro atoms. The van der Waals surface area contributed by atoms with Crippen LogP contribution in [0.2, 0.25) is 0 Å². The number of hydrogen-bond acceptors (Lipinski definition) is 5. The molecule has 0 heterocycles. The molecule has 21 heavy (non-hydrogen) atoms. The highest BCUT2D eigenvalue weighted by molar-refractivity contribution is 7.80. The summed E-state index contributed by atoms with van der Waals surface area (Å²) in [4.78, 5) is 0. The fourth-order valence-corrected chi connectivity index (χ4v) is 2.72. The SMILES string of the molecule is CCC[C@@](F)(CS)NC[C@@](F)(CS)CC[C@@](F)(CS)NC. The van der Waals surface area contributed by atoms with Gasteiger partial charge in [-0.05, 0) is 26.3 Å². The van der Waals surface area contributed by atoms with Crippen LogP contribution in [0.15, 0.2) is 0 Å². The lowest BCUT2D eigenvalue weighted by molar-refractivity contribution is 0.0664. The molecule has 0 saturated carbocycles. The minimum absolute atomic E-state index is 0.0380. The molecule has 0 aliphatic heterocycles. The maximum Gasteiger partial charge on any atom is 0.170 e. The Morgan fingerprint density at radius 2 is 1.43 bits per heavy atom. The first-order valence-corrected chi connectivity index (χ1v) is 8.95. The van der Waals surface area contributed by atoms with Gasteiger partial charge in [0.2, 0.25) is 0 Å². The van der Waals surface area contributed by atoms with E-state index in [0.29, 0.717) is 6.42 Å². The molecule has 2 nitrogen and oxygen atoms in total. The van der Waals surface area contributed by atoms with Crippen LogP contribution in [0.4, 0.5) is 13.2 Å². The zero-order valence-corrected chi connectivity index (χ0v) is 15.3. The van der Waals surface area contributed by atoms with Gasteiger partial charge in [0.05, 0.1) is 0 Å². The molecule has 0 aromatic carbocycles. The Morgan fingerprint density at radius 1 is 0.857 bits per heavy atom. The van der Waals surface area contributed by atoms with E-state index in [4.69, 9.17) is 0 Å². The fraction of sp³-hybridized carbons (Fsp3) is 1.00. The van der Waals surface area contributed by atoms with Crippen LogP contribution in [-0.4, -0.2) is 48.1 Å². The standard InChI is InChI=1S/C13H27F3N2S3/c1-3-4-13(16,10-21)18-7-11(14,8-19)5-6-12(15,9-20)17-2/h17-21H,3-10H2,1-2H3/t11-,12+,13+/m1/s1. The van der Waals surface area contributed by atoms with E-state index in [1.54, 1.807) is 0 Å². The predicted octanol–water partition coefficient (Wildman–Crippen LogP) is 3.21. The molecule has 0 amide bonds. The first kappa shape index (κ1) is 21.8. The van der Waals surface area contributed by atoms with Crippen molar-refractivity contribution in [2.75, 3.05) is 30.9 Å². The van der Waals surface area contributed by atoms with Crippen LogP contribution in [-0.2, 0) is 0 Å². The summed E-state index contributed by atoms with van der Waals surface area (Å²) in [6, 6.07) is 0. The average molecular weight is 365 g/mol. The number of halogens is 3. The molecule has 0 aliphatic carbocycles. The summed E-state index contributed by atoms with van der Waals surface area (Å²) in [5, 5.41) is 5.07. The highest BCUT2D eigenvalue weighted by Gasteiger charge is 2.37. The molecule has 0 unspecified atom stereocenters. The molecule has 0 saturated heterocycles. The highest BCUT2D eigenvalue weighted by atomic mass is 32.1. The average Bonchev–Trinajstić information content (AvgIpc) is 2.51. The zero-order chi connectivity index (χ0) is 16.6. The molecule has 8 heteroatoms. The van der Waals surface area contributed by atoms with Crippen molar-refractivity contribution in [3.8, 4) is 0 Å². The molecule has 2 N–H and O–H groups in total. The Balaban J connectivity index is 4.59. The predicted molar refractivity (Wildman–Crippen MR) is 94.3 cm³/mol. The fourth-order valence-electron chi connectivity index (χ4n) is 1.87. The third-order valence-corrected chi connectivity index (χ3v) is 5.14. The highest BCUT2D eigenvalue weighted by Crippen LogP contribution is 2.27. The summed E-state index contributed by atoms with van der Waals surface area (Å²) in [5.41, 5.74) is -1.78. The topological polar surface area (TPSA) is 24.1 Å². The number of alkyl halides is 3. The summed E-state index contributed by atoms with van der Waals surface area (Å²) in [6.07, 6.45) is 0.742. The summed E-state index contributed by atoms with van der Waals surface area (Å²) < 4.78 is 43.1. The quantitative estimate of drug-likeness (QED) is 0.271. The summed E-state index contributed by atoms with van der Waals surface area (Å²) in [7, 11) is 1.46. The van der Waals surface area contributed by atoms with Gasteiger partial charge >= 0.3 is 0 Å². The van der Waals surface area contributed by atoms with Crippen molar-refractivity contribution in [2.45, 2.75) is 49.9 Å². The van der Waals surface area contributed by atoms with Crippen LogP contribution in [0.5, 0.6) is 0 Å². The van der Waals surface area contributed by atoms with Crippen molar-refractivity contribution in [1.82, 2.24) is 10.6 Å². The Morgan fingerprint density at radius 3 is 1.81 bits per heavy atom. The molecule has 0 aromatic rings. The Bertz CT molecular complexity index is 296. The third kappa shape index (κ3) is 7.72. The number of nitrogens with one attached hydrogen (secondary N) is 2. The molecule has 0 aromatic heterocycles. The van der Waals surface area contributed by atoms with Gasteiger partial charge in [0, 0.05) is 23.8 Å². The van der Waals surface area contributed by atoms with Gasteiger partial charge in [0.1, 0.15) is 5.67 Å². The minimum Gasteiger partial charge on any atom is -0.288 e. The van der Waals surface area contributed by atoms with Gasteiger partial charge in [0.25, 0.3) is 0 Å². The van der Waals surface area contributed by atoms with Gasteiger partial charge in [-0.3, -0.25) is 10.6 Å². The maximum atomic E-state index is 14.7. The molecule has 128 valence electrons. The Hall–Kier alpha value is 0.760. The van der Waals surface area contributed by atoms with Crippen LogP contribution < -0.4 is 10.6 Å². The van der Waals surface area contributed by atoms with Crippen molar-refractivity contribution >= 4 is 37.9 Å². The lowest BCUT2D eigenvalue weighted by Crippen LogP contribution is -2.51. The molecule has 0 rings (SSSR count). The van der Waals surface area contributed by atoms with Crippen LogP contribution in [0.3, 0.4) is 0 Å². The minimum atomic E-state index is -1.78. The molecular weight excluding hydrogens is 337 g/mol. The molecule has 0 fully saturated rings. The number of thiol groups is 3. The molecular formula is C13H27F3N2S3. The lowest BCUT2D eigenvalue weighted by atomic mass is 9.97. The van der Waals surface area contributed by atoms with E-state index in [1.807, 2.05) is 6.92 Å². The van der Waals surface area contributed by atoms with Crippen molar-refractivity contribution < 1.29 is 13.2 Å². The van der Waals surface area contributed by atoms with Gasteiger partial charge < -0.3 is 0 Å². The van der Waals surface area contributed by atoms with E-state index < -0.39 is 17.3 Å². The third-order valence-electron chi connectivity index (χ3n) is 3.57. The Labute approximate surface area is 142 Å².